The molecule has 0 aliphatic carbocycles. The Bertz CT molecular complexity index is 195. The number of thioether (sulfide) groups is 1. The van der Waals surface area contributed by atoms with Crippen LogP contribution in [-0.4, -0.2) is 40.7 Å². The molecule has 0 radical (unpaired) electrons. The van der Waals surface area contributed by atoms with Crippen LogP contribution < -0.4 is 0 Å². The van der Waals surface area contributed by atoms with E-state index >= 15 is 0 Å². The zero-order valence-electron chi connectivity index (χ0n) is 9.92. The average Bonchev–Trinajstić information content (AvgIpc) is 2.34. The number of unbranched alkanes of at least 4 members (excludes halogenated alkanes) is 4. The van der Waals surface area contributed by atoms with Crippen LogP contribution in [0.15, 0.2) is 0 Å². The highest BCUT2D eigenvalue weighted by atomic mass is 79.9. The van der Waals surface area contributed by atoms with E-state index in [1.165, 1.54) is 25.7 Å². The van der Waals surface area contributed by atoms with Crippen molar-refractivity contribution in [3.05, 3.63) is 0 Å². The lowest BCUT2D eigenvalue weighted by atomic mass is 10.1. The summed E-state index contributed by atoms with van der Waals surface area (Å²) in [6, 6.07) is 0. The molecular formula is C12H22BrNOS. The van der Waals surface area contributed by atoms with E-state index in [0.29, 0.717) is 5.91 Å². The average molecular weight is 308 g/mol. The Hall–Kier alpha value is 0.300. The van der Waals surface area contributed by atoms with Crippen molar-refractivity contribution in [1.29, 1.82) is 0 Å². The fraction of sp³-hybridized carbons (Fsp3) is 0.917. The van der Waals surface area contributed by atoms with Gasteiger partial charge in [-0.3, -0.25) is 4.79 Å². The van der Waals surface area contributed by atoms with E-state index in [9.17, 15) is 4.79 Å². The summed E-state index contributed by atoms with van der Waals surface area (Å²) in [5.41, 5.74) is 0. The molecule has 0 aromatic rings. The minimum Gasteiger partial charge on any atom is -0.341 e. The van der Waals surface area contributed by atoms with Gasteiger partial charge in [-0.1, -0.05) is 35.2 Å². The van der Waals surface area contributed by atoms with Gasteiger partial charge in [0.2, 0.25) is 5.91 Å². The van der Waals surface area contributed by atoms with Gasteiger partial charge in [-0.05, 0) is 12.8 Å². The molecule has 1 heterocycles. The summed E-state index contributed by atoms with van der Waals surface area (Å²) in [5.74, 6) is 2.62. The van der Waals surface area contributed by atoms with Gasteiger partial charge in [-0.15, -0.1) is 0 Å². The smallest absolute Gasteiger partial charge is 0.222 e. The van der Waals surface area contributed by atoms with Gasteiger partial charge < -0.3 is 4.90 Å². The fourth-order valence-electron chi connectivity index (χ4n) is 1.87. The summed E-state index contributed by atoms with van der Waals surface area (Å²) in [6.45, 7) is 1.93. The molecule has 94 valence electrons. The third kappa shape index (κ3) is 6.14. The predicted molar refractivity (Wildman–Crippen MR) is 75.4 cm³/mol. The van der Waals surface area contributed by atoms with Gasteiger partial charge >= 0.3 is 0 Å². The second kappa shape index (κ2) is 9.34. The molecule has 0 aromatic carbocycles. The molecule has 1 rings (SSSR count). The normalized spacial score (nSPS) is 16.4. The van der Waals surface area contributed by atoms with Crippen LogP contribution in [0.4, 0.5) is 0 Å². The zero-order valence-corrected chi connectivity index (χ0v) is 12.3. The first-order chi connectivity index (χ1) is 7.84. The summed E-state index contributed by atoms with van der Waals surface area (Å²) in [7, 11) is 0. The van der Waals surface area contributed by atoms with Crippen LogP contribution in [0.3, 0.4) is 0 Å². The maximum atomic E-state index is 11.8. The third-order valence-corrected chi connectivity index (χ3v) is 4.39. The van der Waals surface area contributed by atoms with Gasteiger partial charge in [0.25, 0.3) is 0 Å². The fourth-order valence-corrected chi connectivity index (χ4v) is 3.17. The van der Waals surface area contributed by atoms with E-state index in [4.69, 9.17) is 0 Å². The molecule has 1 aliphatic heterocycles. The zero-order chi connectivity index (χ0) is 11.6. The summed E-state index contributed by atoms with van der Waals surface area (Å²) in [6.07, 6.45) is 6.87. The number of carbonyl (C=O) groups is 1. The molecule has 0 atom stereocenters. The number of hydrogen-bond donors (Lipinski definition) is 0. The highest BCUT2D eigenvalue weighted by Crippen LogP contribution is 2.12. The monoisotopic (exact) mass is 307 g/mol. The van der Waals surface area contributed by atoms with Crippen molar-refractivity contribution in [3.63, 3.8) is 0 Å². The molecule has 0 aromatic heterocycles. The first kappa shape index (κ1) is 14.4. The Labute approximate surface area is 112 Å². The number of carbonyl (C=O) groups excluding carboxylic acids is 1. The van der Waals surface area contributed by atoms with E-state index in [-0.39, 0.29) is 0 Å². The van der Waals surface area contributed by atoms with Crippen LogP contribution in [0.25, 0.3) is 0 Å². The minimum absolute atomic E-state index is 0.376. The predicted octanol–water partition coefficient (Wildman–Crippen LogP) is 3.30. The van der Waals surface area contributed by atoms with Crippen LogP contribution in [-0.2, 0) is 4.79 Å². The van der Waals surface area contributed by atoms with Crippen molar-refractivity contribution in [2.24, 2.45) is 0 Å². The third-order valence-electron chi connectivity index (χ3n) is 2.89. The number of nitrogens with zero attached hydrogens (tertiary/aromatic N) is 1. The van der Waals surface area contributed by atoms with Crippen molar-refractivity contribution < 1.29 is 4.79 Å². The summed E-state index contributed by atoms with van der Waals surface area (Å²) in [4.78, 5) is 13.8. The molecular weight excluding hydrogens is 286 g/mol. The Balaban J connectivity index is 1.97. The molecule has 1 fully saturated rings. The summed E-state index contributed by atoms with van der Waals surface area (Å²) < 4.78 is 0. The summed E-state index contributed by atoms with van der Waals surface area (Å²) in [5, 5.41) is 1.11. The highest BCUT2D eigenvalue weighted by molar-refractivity contribution is 9.09. The molecule has 0 bridgehead atoms. The number of halogens is 1. The number of amides is 1. The maximum absolute atomic E-state index is 11.8. The van der Waals surface area contributed by atoms with Crippen molar-refractivity contribution >= 4 is 33.6 Å². The Morgan fingerprint density at radius 2 is 1.69 bits per heavy atom. The quantitative estimate of drug-likeness (QED) is 0.531. The number of rotatable bonds is 7. The van der Waals surface area contributed by atoms with E-state index in [1.54, 1.807) is 0 Å². The molecule has 2 nitrogen and oxygen atoms in total. The van der Waals surface area contributed by atoms with Crippen LogP contribution in [0.1, 0.15) is 38.5 Å². The second-order valence-electron chi connectivity index (χ2n) is 4.20. The van der Waals surface area contributed by atoms with E-state index < -0.39 is 0 Å². The van der Waals surface area contributed by atoms with Gasteiger partial charge in [0.05, 0.1) is 0 Å². The van der Waals surface area contributed by atoms with Crippen LogP contribution >= 0.6 is 27.7 Å². The van der Waals surface area contributed by atoms with Gasteiger partial charge in [0.15, 0.2) is 0 Å². The standard InChI is InChI=1S/C12H22BrNOS/c13-7-5-3-1-2-4-6-12(15)14-8-10-16-11-9-14/h1-11H2. The van der Waals surface area contributed by atoms with Crippen LogP contribution in [0.5, 0.6) is 0 Å². The van der Waals surface area contributed by atoms with E-state index in [2.05, 4.69) is 15.9 Å². The number of alkyl halides is 1. The first-order valence-corrected chi connectivity index (χ1v) is 8.53. The lowest BCUT2D eigenvalue weighted by Crippen LogP contribution is -2.37. The van der Waals surface area contributed by atoms with E-state index in [0.717, 1.165) is 42.8 Å². The molecule has 1 aliphatic rings. The largest absolute Gasteiger partial charge is 0.341 e. The van der Waals surface area contributed by atoms with Gasteiger partial charge in [-0.25, -0.2) is 0 Å². The second-order valence-corrected chi connectivity index (χ2v) is 6.22. The van der Waals surface area contributed by atoms with Crippen molar-refractivity contribution in [1.82, 2.24) is 4.90 Å². The van der Waals surface area contributed by atoms with Crippen LogP contribution in [0.2, 0.25) is 0 Å². The molecule has 0 N–H and O–H groups in total. The van der Waals surface area contributed by atoms with Crippen LogP contribution in [0, 0.1) is 0 Å². The molecule has 0 unspecified atom stereocenters. The number of hydrogen-bond acceptors (Lipinski definition) is 2. The van der Waals surface area contributed by atoms with Crippen molar-refractivity contribution in [2.75, 3.05) is 29.9 Å². The summed E-state index contributed by atoms with van der Waals surface area (Å²) >= 11 is 5.39. The van der Waals surface area contributed by atoms with Gasteiger partial charge in [-0.2, -0.15) is 11.8 Å². The first-order valence-electron chi connectivity index (χ1n) is 6.26. The van der Waals surface area contributed by atoms with Crippen molar-refractivity contribution in [2.45, 2.75) is 38.5 Å². The Morgan fingerprint density at radius 1 is 1.06 bits per heavy atom. The molecule has 1 saturated heterocycles. The Morgan fingerprint density at radius 3 is 2.38 bits per heavy atom. The minimum atomic E-state index is 0.376. The molecule has 0 spiro atoms. The van der Waals surface area contributed by atoms with E-state index in [1.807, 2.05) is 16.7 Å². The lowest BCUT2D eigenvalue weighted by molar-refractivity contribution is -0.130. The topological polar surface area (TPSA) is 20.3 Å². The van der Waals surface area contributed by atoms with Gasteiger partial charge in [0, 0.05) is 36.3 Å². The molecule has 16 heavy (non-hydrogen) atoms. The highest BCUT2D eigenvalue weighted by Gasteiger charge is 2.15. The molecule has 0 saturated carbocycles. The van der Waals surface area contributed by atoms with Crippen molar-refractivity contribution in [3.8, 4) is 0 Å². The van der Waals surface area contributed by atoms with Gasteiger partial charge in [0.1, 0.15) is 0 Å². The Kier molecular flexibility index (Phi) is 8.39. The maximum Gasteiger partial charge on any atom is 0.222 e. The SMILES string of the molecule is O=C(CCCCCCCBr)N1CCSCC1. The molecule has 4 heteroatoms. The molecule has 1 amide bonds. The lowest BCUT2D eigenvalue weighted by Gasteiger charge is -2.26.